The molecule has 0 unspecified atom stereocenters. The van der Waals surface area contributed by atoms with Gasteiger partial charge >= 0.3 is 0 Å². The van der Waals surface area contributed by atoms with Gasteiger partial charge in [0.25, 0.3) is 5.16 Å². The molecule has 0 fully saturated rings. The van der Waals surface area contributed by atoms with Crippen LogP contribution < -0.4 is 5.32 Å². The lowest BCUT2D eigenvalue weighted by Crippen LogP contribution is -2.13. The van der Waals surface area contributed by atoms with Crippen LogP contribution in [0.3, 0.4) is 0 Å². The van der Waals surface area contributed by atoms with Crippen LogP contribution in [0.5, 0.6) is 0 Å². The van der Waals surface area contributed by atoms with Crippen molar-refractivity contribution < 1.29 is 21.2 Å². The fourth-order valence-electron chi connectivity index (χ4n) is 2.88. The van der Waals surface area contributed by atoms with Crippen molar-refractivity contribution in [3.05, 3.63) is 54.6 Å². The van der Waals surface area contributed by atoms with Gasteiger partial charge in [0.1, 0.15) is 32.9 Å². The highest BCUT2D eigenvalue weighted by molar-refractivity contribution is 7.91. The minimum Gasteiger partial charge on any atom is -0.331 e. The summed E-state index contributed by atoms with van der Waals surface area (Å²) in [4.78, 5) is 8.22. The number of sulfone groups is 2. The standard InChI is InChI=1S/C18H17FN6O4S2/c1-30(26,27)11-10-25-9-7-14-16(21-15-6-8-20-24-15)22-18(23-17(14)25)31(28,29)13-4-2-12(19)3-5-13/h2-9H,10-11H2,1H3,(H2,20,21,22,23,24). The Balaban J connectivity index is 1.87. The predicted molar refractivity (Wildman–Crippen MR) is 111 cm³/mol. The zero-order chi connectivity index (χ0) is 22.2. The summed E-state index contributed by atoms with van der Waals surface area (Å²) < 4.78 is 64.2. The van der Waals surface area contributed by atoms with E-state index in [9.17, 15) is 21.2 Å². The van der Waals surface area contributed by atoms with Gasteiger partial charge in [-0.1, -0.05) is 0 Å². The van der Waals surface area contributed by atoms with Gasteiger partial charge in [-0.3, -0.25) is 5.10 Å². The van der Waals surface area contributed by atoms with Crippen LogP contribution >= 0.6 is 0 Å². The first-order valence-corrected chi connectivity index (χ1v) is 12.5. The number of fused-ring (bicyclic) bond motifs is 1. The molecule has 0 spiro atoms. The molecule has 4 aromatic rings. The first kappa shape index (κ1) is 20.9. The maximum absolute atomic E-state index is 13.3. The Labute approximate surface area is 177 Å². The van der Waals surface area contributed by atoms with E-state index >= 15 is 0 Å². The number of aromatic amines is 1. The number of anilines is 2. The molecule has 0 aliphatic heterocycles. The molecule has 3 heterocycles. The van der Waals surface area contributed by atoms with Gasteiger partial charge in [0.15, 0.2) is 0 Å². The first-order chi connectivity index (χ1) is 14.6. The average Bonchev–Trinajstić information content (AvgIpc) is 3.36. The molecule has 0 aliphatic rings. The molecule has 2 N–H and O–H groups in total. The van der Waals surface area contributed by atoms with Gasteiger partial charge in [-0.25, -0.2) is 21.2 Å². The van der Waals surface area contributed by atoms with Gasteiger partial charge in [-0.15, -0.1) is 0 Å². The third-order valence-corrected chi connectivity index (χ3v) is 6.90. The largest absolute Gasteiger partial charge is 0.331 e. The molecule has 1 aromatic carbocycles. The third-order valence-electron chi connectivity index (χ3n) is 4.42. The lowest BCUT2D eigenvalue weighted by atomic mass is 10.3. The fraction of sp³-hybridized carbons (Fsp3) is 0.167. The van der Waals surface area contributed by atoms with Crippen molar-refractivity contribution in [3.63, 3.8) is 0 Å². The van der Waals surface area contributed by atoms with E-state index in [1.807, 2.05) is 0 Å². The number of nitrogens with zero attached hydrogens (tertiary/aromatic N) is 4. The van der Waals surface area contributed by atoms with E-state index in [-0.39, 0.29) is 28.7 Å². The van der Waals surface area contributed by atoms with Crippen molar-refractivity contribution in [2.45, 2.75) is 16.6 Å². The van der Waals surface area contributed by atoms with E-state index in [1.165, 1.54) is 6.20 Å². The summed E-state index contributed by atoms with van der Waals surface area (Å²) in [6.45, 7) is 0.0822. The number of nitrogens with one attached hydrogen (secondary N) is 2. The molecule has 4 rings (SSSR count). The van der Waals surface area contributed by atoms with Crippen LogP contribution in [-0.4, -0.2) is 53.6 Å². The van der Waals surface area contributed by atoms with Gasteiger partial charge in [-0.05, 0) is 30.3 Å². The molecular weight excluding hydrogens is 447 g/mol. The predicted octanol–water partition coefficient (Wildman–Crippen LogP) is 1.91. The highest BCUT2D eigenvalue weighted by Crippen LogP contribution is 2.28. The zero-order valence-electron chi connectivity index (χ0n) is 16.1. The summed E-state index contributed by atoms with van der Waals surface area (Å²) in [7, 11) is -7.43. The van der Waals surface area contributed by atoms with E-state index in [0.717, 1.165) is 30.5 Å². The van der Waals surface area contributed by atoms with Crippen LogP contribution in [0, 0.1) is 5.82 Å². The second-order valence-electron chi connectivity index (χ2n) is 6.78. The van der Waals surface area contributed by atoms with Crippen LogP contribution in [0.1, 0.15) is 0 Å². The van der Waals surface area contributed by atoms with Crippen LogP contribution in [-0.2, 0) is 26.2 Å². The van der Waals surface area contributed by atoms with Crippen LogP contribution in [0.2, 0.25) is 0 Å². The van der Waals surface area contributed by atoms with Crippen LogP contribution in [0.25, 0.3) is 11.0 Å². The number of hydrogen-bond donors (Lipinski definition) is 2. The third kappa shape index (κ3) is 4.41. The van der Waals surface area contributed by atoms with Crippen molar-refractivity contribution in [1.82, 2.24) is 24.7 Å². The summed E-state index contributed by atoms with van der Waals surface area (Å²) in [6, 6.07) is 7.60. The van der Waals surface area contributed by atoms with Crippen molar-refractivity contribution >= 4 is 42.3 Å². The number of rotatable bonds is 7. The number of hydrogen-bond acceptors (Lipinski definition) is 8. The number of halogens is 1. The number of aromatic nitrogens is 5. The molecule has 162 valence electrons. The summed E-state index contributed by atoms with van der Waals surface area (Å²) >= 11 is 0. The van der Waals surface area contributed by atoms with E-state index in [4.69, 9.17) is 0 Å². The van der Waals surface area contributed by atoms with Gasteiger partial charge < -0.3 is 9.88 Å². The lowest BCUT2D eigenvalue weighted by molar-refractivity contribution is 0.585. The summed E-state index contributed by atoms with van der Waals surface area (Å²) in [6.07, 6.45) is 4.23. The van der Waals surface area contributed by atoms with E-state index in [2.05, 4.69) is 25.5 Å². The summed E-state index contributed by atoms with van der Waals surface area (Å²) in [5, 5.41) is 9.47. The monoisotopic (exact) mass is 464 g/mol. The minimum absolute atomic E-state index is 0.0822. The SMILES string of the molecule is CS(=O)(=O)CCn1ccc2c(Nc3ccn[nH]3)nc(S(=O)(=O)c3ccc(F)cc3)nc21. The average molecular weight is 465 g/mol. The fourth-order valence-corrected chi connectivity index (χ4v) is 4.53. The maximum atomic E-state index is 13.3. The second kappa shape index (κ2) is 7.74. The summed E-state index contributed by atoms with van der Waals surface area (Å²) in [5.41, 5.74) is 0.237. The molecule has 0 radical (unpaired) electrons. The molecule has 0 aliphatic carbocycles. The molecular formula is C18H17FN6O4S2. The van der Waals surface area contributed by atoms with Crippen molar-refractivity contribution in [1.29, 1.82) is 0 Å². The molecule has 3 aromatic heterocycles. The van der Waals surface area contributed by atoms with Gasteiger partial charge in [-0.2, -0.15) is 15.1 Å². The van der Waals surface area contributed by atoms with E-state index in [1.54, 1.807) is 22.9 Å². The summed E-state index contributed by atoms with van der Waals surface area (Å²) in [5.74, 6) is -0.0712. The normalized spacial score (nSPS) is 12.3. The molecule has 0 bridgehead atoms. The highest BCUT2D eigenvalue weighted by atomic mass is 32.2. The Morgan fingerprint density at radius 1 is 1.06 bits per heavy atom. The number of aryl methyl sites for hydroxylation is 1. The topological polar surface area (TPSA) is 140 Å². The van der Waals surface area contributed by atoms with Gasteiger partial charge in [0.2, 0.25) is 9.84 Å². The van der Waals surface area contributed by atoms with E-state index in [0.29, 0.717) is 11.2 Å². The van der Waals surface area contributed by atoms with E-state index < -0.39 is 30.6 Å². The van der Waals surface area contributed by atoms with Crippen molar-refractivity contribution in [2.75, 3.05) is 17.3 Å². The van der Waals surface area contributed by atoms with Crippen LogP contribution in [0.4, 0.5) is 16.0 Å². The van der Waals surface area contributed by atoms with Gasteiger partial charge in [0.05, 0.1) is 22.2 Å². The smallest absolute Gasteiger partial charge is 0.256 e. The Hall–Kier alpha value is -3.32. The Morgan fingerprint density at radius 3 is 2.45 bits per heavy atom. The molecule has 0 saturated heterocycles. The van der Waals surface area contributed by atoms with Crippen molar-refractivity contribution in [3.8, 4) is 0 Å². The minimum atomic E-state index is -4.17. The first-order valence-electron chi connectivity index (χ1n) is 8.95. The number of benzene rings is 1. The molecule has 10 nitrogen and oxygen atoms in total. The van der Waals surface area contributed by atoms with Gasteiger partial charge in [0, 0.05) is 25.1 Å². The lowest BCUT2D eigenvalue weighted by Gasteiger charge is -2.10. The molecule has 0 amide bonds. The maximum Gasteiger partial charge on any atom is 0.256 e. The highest BCUT2D eigenvalue weighted by Gasteiger charge is 2.25. The number of H-pyrrole nitrogens is 1. The molecule has 0 atom stereocenters. The molecule has 0 saturated carbocycles. The molecule has 31 heavy (non-hydrogen) atoms. The Kier molecular flexibility index (Phi) is 5.23. The van der Waals surface area contributed by atoms with Crippen molar-refractivity contribution in [2.24, 2.45) is 0 Å². The Morgan fingerprint density at radius 2 is 1.81 bits per heavy atom. The molecule has 13 heteroatoms. The Bertz CT molecular complexity index is 1450. The second-order valence-corrected chi connectivity index (χ2v) is 10.9. The quantitative estimate of drug-likeness (QED) is 0.312. The van der Waals surface area contributed by atoms with Crippen LogP contribution in [0.15, 0.2) is 58.8 Å². The zero-order valence-corrected chi connectivity index (χ0v) is 17.8.